The zero-order valence-corrected chi connectivity index (χ0v) is 16.6. The molecule has 31 heavy (non-hydrogen) atoms. The Morgan fingerprint density at radius 1 is 0.871 bits per heavy atom. The van der Waals surface area contributed by atoms with Gasteiger partial charge in [0.1, 0.15) is 0 Å². The second-order valence-electron chi connectivity index (χ2n) is 6.54. The fraction of sp³-hybridized carbons (Fsp3) is 0.263. The van der Waals surface area contributed by atoms with Gasteiger partial charge in [0.05, 0.1) is 29.2 Å². The van der Waals surface area contributed by atoms with Crippen LogP contribution in [-0.4, -0.2) is 36.9 Å². The molecule has 0 saturated carbocycles. The van der Waals surface area contributed by atoms with Gasteiger partial charge in [-0.3, -0.25) is 14.5 Å². The van der Waals surface area contributed by atoms with Gasteiger partial charge < -0.3 is 10.6 Å². The van der Waals surface area contributed by atoms with Crippen molar-refractivity contribution < 1.29 is 35.9 Å². The van der Waals surface area contributed by atoms with Gasteiger partial charge in [-0.1, -0.05) is 17.7 Å². The maximum atomic E-state index is 12.9. The van der Waals surface area contributed by atoms with Gasteiger partial charge >= 0.3 is 12.4 Å². The fourth-order valence-electron chi connectivity index (χ4n) is 2.54. The van der Waals surface area contributed by atoms with E-state index >= 15 is 0 Å². The summed E-state index contributed by atoms with van der Waals surface area (Å²) in [7, 11) is 1.38. The van der Waals surface area contributed by atoms with Crippen molar-refractivity contribution in [2.75, 3.05) is 30.8 Å². The Bertz CT molecular complexity index is 962. The van der Waals surface area contributed by atoms with E-state index in [1.165, 1.54) is 24.1 Å². The van der Waals surface area contributed by atoms with Crippen LogP contribution in [-0.2, 0) is 21.9 Å². The number of hydrogen-bond donors (Lipinski definition) is 2. The molecular weight excluding hydrogens is 452 g/mol. The van der Waals surface area contributed by atoms with Gasteiger partial charge in [-0.05, 0) is 43.4 Å². The Kier molecular flexibility index (Phi) is 7.55. The van der Waals surface area contributed by atoms with E-state index in [0.29, 0.717) is 6.07 Å². The van der Waals surface area contributed by atoms with Crippen molar-refractivity contribution in [3.63, 3.8) is 0 Å². The van der Waals surface area contributed by atoms with E-state index in [1.54, 1.807) is 0 Å². The molecule has 0 aliphatic rings. The summed E-state index contributed by atoms with van der Waals surface area (Å²) in [5, 5.41) is 4.03. The van der Waals surface area contributed by atoms with Crippen molar-refractivity contribution in [1.82, 2.24) is 4.90 Å². The van der Waals surface area contributed by atoms with E-state index < -0.39 is 40.3 Å². The van der Waals surface area contributed by atoms with Gasteiger partial charge in [0.25, 0.3) is 0 Å². The summed E-state index contributed by atoms with van der Waals surface area (Å²) < 4.78 is 76.8. The molecule has 0 atom stereocenters. The van der Waals surface area contributed by atoms with Gasteiger partial charge in [-0.25, -0.2) is 0 Å². The third-order valence-corrected chi connectivity index (χ3v) is 4.19. The van der Waals surface area contributed by atoms with Crippen molar-refractivity contribution in [3.8, 4) is 0 Å². The molecule has 168 valence electrons. The predicted octanol–water partition coefficient (Wildman–Crippen LogP) is 4.89. The summed E-state index contributed by atoms with van der Waals surface area (Å²) in [4.78, 5) is 25.3. The first-order chi connectivity index (χ1) is 14.3. The van der Waals surface area contributed by atoms with Crippen LogP contribution in [0.15, 0.2) is 42.5 Å². The van der Waals surface area contributed by atoms with Crippen LogP contribution in [0.1, 0.15) is 11.1 Å². The summed E-state index contributed by atoms with van der Waals surface area (Å²) >= 11 is 5.51. The lowest BCUT2D eigenvalue weighted by Crippen LogP contribution is -2.36. The normalized spacial score (nSPS) is 12.0. The highest BCUT2D eigenvalue weighted by molar-refractivity contribution is 6.31. The van der Waals surface area contributed by atoms with Crippen LogP contribution in [0.2, 0.25) is 5.02 Å². The average Bonchev–Trinajstić information content (AvgIpc) is 2.61. The second-order valence-corrected chi connectivity index (χ2v) is 6.95. The molecule has 0 heterocycles. The largest absolute Gasteiger partial charge is 0.417 e. The molecule has 2 aromatic carbocycles. The maximum absolute atomic E-state index is 12.9. The van der Waals surface area contributed by atoms with Gasteiger partial charge in [-0.2, -0.15) is 26.3 Å². The number of halogens is 7. The molecule has 2 aromatic rings. The fourth-order valence-corrected chi connectivity index (χ4v) is 2.77. The van der Waals surface area contributed by atoms with Crippen LogP contribution >= 0.6 is 11.6 Å². The minimum Gasteiger partial charge on any atom is -0.325 e. The van der Waals surface area contributed by atoms with Gasteiger partial charge in [0.2, 0.25) is 11.8 Å². The Morgan fingerprint density at radius 2 is 1.42 bits per heavy atom. The van der Waals surface area contributed by atoms with Crippen molar-refractivity contribution in [2.45, 2.75) is 12.4 Å². The zero-order valence-electron chi connectivity index (χ0n) is 15.9. The third kappa shape index (κ3) is 7.44. The monoisotopic (exact) mass is 467 g/mol. The Hall–Kier alpha value is -2.79. The molecule has 0 fully saturated rings. The number of anilines is 2. The molecule has 2 amide bonds. The quantitative estimate of drug-likeness (QED) is 0.595. The van der Waals surface area contributed by atoms with Crippen LogP contribution in [0, 0.1) is 0 Å². The number of rotatable bonds is 6. The van der Waals surface area contributed by atoms with Crippen LogP contribution in [0.25, 0.3) is 0 Å². The van der Waals surface area contributed by atoms with Crippen LogP contribution in [0.5, 0.6) is 0 Å². The number of alkyl halides is 6. The predicted molar refractivity (Wildman–Crippen MR) is 103 cm³/mol. The SMILES string of the molecule is CN(CC(=O)Nc1cccc(C(F)(F)F)c1)CC(=O)Nc1ccc(Cl)c(C(F)(F)F)c1. The summed E-state index contributed by atoms with van der Waals surface area (Å²) in [6, 6.07) is 6.90. The molecule has 12 heteroatoms. The molecule has 0 aliphatic heterocycles. The minimum absolute atomic E-state index is 0.0708. The topological polar surface area (TPSA) is 61.4 Å². The first-order valence-corrected chi connectivity index (χ1v) is 8.96. The number of nitrogens with zero attached hydrogens (tertiary/aromatic N) is 1. The Labute approximate surface area is 178 Å². The number of amides is 2. The van der Waals surface area contributed by atoms with Crippen molar-refractivity contribution >= 4 is 34.8 Å². The zero-order chi connectivity index (χ0) is 23.4. The van der Waals surface area contributed by atoms with E-state index in [4.69, 9.17) is 11.6 Å². The van der Waals surface area contributed by atoms with Crippen LogP contribution < -0.4 is 10.6 Å². The summed E-state index contributed by atoms with van der Waals surface area (Å²) in [5.41, 5.74) is -2.25. The summed E-state index contributed by atoms with van der Waals surface area (Å²) in [6.07, 6.45) is -9.26. The van der Waals surface area contributed by atoms with Crippen LogP contribution in [0.3, 0.4) is 0 Å². The molecule has 0 bridgehead atoms. The number of carbonyl (C=O) groups excluding carboxylic acids is 2. The molecule has 2 N–H and O–H groups in total. The third-order valence-electron chi connectivity index (χ3n) is 3.86. The van der Waals surface area contributed by atoms with Crippen molar-refractivity contribution in [3.05, 3.63) is 58.6 Å². The molecular formula is C19H16ClF6N3O2. The van der Waals surface area contributed by atoms with Gasteiger partial charge in [0, 0.05) is 11.4 Å². The van der Waals surface area contributed by atoms with Crippen molar-refractivity contribution in [2.24, 2.45) is 0 Å². The number of carbonyl (C=O) groups is 2. The molecule has 5 nitrogen and oxygen atoms in total. The van der Waals surface area contributed by atoms with Gasteiger partial charge in [0.15, 0.2) is 0 Å². The Balaban J connectivity index is 1.92. The molecule has 0 aliphatic carbocycles. The second kappa shape index (κ2) is 9.56. The molecule has 0 radical (unpaired) electrons. The first kappa shape index (κ1) is 24.5. The summed E-state index contributed by atoms with van der Waals surface area (Å²) in [6.45, 7) is -0.710. The van der Waals surface area contributed by atoms with Gasteiger partial charge in [-0.15, -0.1) is 0 Å². The minimum atomic E-state index is -4.70. The van der Waals surface area contributed by atoms with E-state index in [1.807, 2.05) is 0 Å². The number of benzene rings is 2. The standard InChI is InChI=1S/C19H16ClF6N3O2/c1-29(9-16(30)27-12-4-2-3-11(7-12)18(21,22)23)10-17(31)28-13-5-6-15(20)14(8-13)19(24,25)26/h2-8H,9-10H2,1H3,(H,27,30)(H,28,31). The van der Waals surface area contributed by atoms with E-state index in [0.717, 1.165) is 24.3 Å². The van der Waals surface area contributed by atoms with Crippen LogP contribution in [0.4, 0.5) is 37.7 Å². The first-order valence-electron chi connectivity index (χ1n) is 8.58. The lowest BCUT2D eigenvalue weighted by Gasteiger charge is -2.17. The lowest BCUT2D eigenvalue weighted by atomic mass is 10.2. The summed E-state index contributed by atoms with van der Waals surface area (Å²) in [5.74, 6) is -1.38. The highest BCUT2D eigenvalue weighted by atomic mass is 35.5. The maximum Gasteiger partial charge on any atom is 0.417 e. The number of nitrogens with one attached hydrogen (secondary N) is 2. The molecule has 0 spiro atoms. The smallest absolute Gasteiger partial charge is 0.325 e. The van der Waals surface area contributed by atoms with E-state index in [2.05, 4.69) is 10.6 Å². The molecule has 0 aromatic heterocycles. The van der Waals surface area contributed by atoms with Crippen molar-refractivity contribution in [1.29, 1.82) is 0 Å². The van der Waals surface area contributed by atoms with E-state index in [9.17, 15) is 35.9 Å². The lowest BCUT2D eigenvalue weighted by molar-refractivity contribution is -0.138. The molecule has 2 rings (SSSR count). The highest BCUT2D eigenvalue weighted by Gasteiger charge is 2.33. The number of hydrogen-bond acceptors (Lipinski definition) is 3. The Morgan fingerprint density at radius 3 is 1.94 bits per heavy atom. The molecule has 0 saturated heterocycles. The number of likely N-dealkylation sites (N-methyl/N-ethyl adjacent to an activating group) is 1. The highest BCUT2D eigenvalue weighted by Crippen LogP contribution is 2.36. The molecule has 0 unspecified atom stereocenters. The van der Waals surface area contributed by atoms with E-state index in [-0.39, 0.29) is 24.5 Å². The average molecular weight is 468 g/mol.